The van der Waals surface area contributed by atoms with Gasteiger partial charge >= 0.3 is 0 Å². The molecule has 4 nitrogen and oxygen atoms in total. The van der Waals surface area contributed by atoms with Crippen LogP contribution in [0.1, 0.15) is 44.0 Å². The predicted octanol–water partition coefficient (Wildman–Crippen LogP) is 2.56. The highest BCUT2D eigenvalue weighted by Crippen LogP contribution is 2.28. The zero-order valence-electron chi connectivity index (χ0n) is 11.7. The van der Waals surface area contributed by atoms with Crippen LogP contribution in [0.3, 0.4) is 0 Å². The number of hydrogen-bond acceptors (Lipinski definition) is 4. The molecule has 0 spiro atoms. The van der Waals surface area contributed by atoms with Gasteiger partial charge in [-0.25, -0.2) is 9.97 Å². The van der Waals surface area contributed by atoms with Gasteiger partial charge in [-0.2, -0.15) is 0 Å². The fourth-order valence-corrected chi connectivity index (χ4v) is 2.77. The quantitative estimate of drug-likeness (QED) is 0.889. The molecule has 1 fully saturated rings. The Labute approximate surface area is 110 Å². The lowest BCUT2D eigenvalue weighted by Gasteiger charge is -2.24. The van der Waals surface area contributed by atoms with Gasteiger partial charge in [0.15, 0.2) is 0 Å². The van der Waals surface area contributed by atoms with Crippen molar-refractivity contribution in [3.05, 3.63) is 11.4 Å². The van der Waals surface area contributed by atoms with Crippen molar-refractivity contribution in [1.29, 1.82) is 0 Å². The highest BCUT2D eigenvalue weighted by molar-refractivity contribution is 5.56. The van der Waals surface area contributed by atoms with Crippen molar-refractivity contribution in [3.63, 3.8) is 0 Å². The van der Waals surface area contributed by atoms with Gasteiger partial charge in [0.25, 0.3) is 0 Å². The molecule has 0 bridgehead atoms. The summed E-state index contributed by atoms with van der Waals surface area (Å²) in [6, 6.07) is 0. The van der Waals surface area contributed by atoms with E-state index in [1.807, 2.05) is 6.92 Å². The molecule has 0 aromatic carbocycles. The molecule has 100 valence electrons. The Hall–Kier alpha value is -1.32. The molecular formula is C14H24N4. The van der Waals surface area contributed by atoms with Gasteiger partial charge in [-0.1, -0.05) is 19.8 Å². The van der Waals surface area contributed by atoms with Crippen molar-refractivity contribution in [1.82, 2.24) is 9.97 Å². The normalized spacial score (nSPS) is 16.2. The molecular weight excluding hydrogens is 224 g/mol. The summed E-state index contributed by atoms with van der Waals surface area (Å²) in [4.78, 5) is 11.2. The van der Waals surface area contributed by atoms with E-state index in [4.69, 9.17) is 5.73 Å². The van der Waals surface area contributed by atoms with Crippen LogP contribution in [-0.2, 0) is 6.42 Å². The minimum absolute atomic E-state index is 0.620. The van der Waals surface area contributed by atoms with Crippen molar-refractivity contribution in [2.75, 3.05) is 24.2 Å². The summed E-state index contributed by atoms with van der Waals surface area (Å²) in [6.45, 7) is 5.15. The first-order chi connectivity index (χ1) is 8.61. The first-order valence-electron chi connectivity index (χ1n) is 6.96. The number of anilines is 2. The minimum Gasteiger partial charge on any atom is -0.383 e. The van der Waals surface area contributed by atoms with E-state index in [1.165, 1.54) is 25.7 Å². The fourth-order valence-electron chi connectivity index (χ4n) is 2.77. The van der Waals surface area contributed by atoms with Crippen molar-refractivity contribution in [3.8, 4) is 0 Å². The molecule has 1 heterocycles. The monoisotopic (exact) mass is 248 g/mol. The highest BCUT2D eigenvalue weighted by Gasteiger charge is 2.19. The number of rotatable bonds is 4. The second kappa shape index (κ2) is 5.55. The first-order valence-corrected chi connectivity index (χ1v) is 6.96. The van der Waals surface area contributed by atoms with Crippen LogP contribution in [0.25, 0.3) is 0 Å². The Kier molecular flexibility index (Phi) is 4.04. The SMILES string of the molecule is CCc1nc(N)c(C)c(N(C)CC2CCCC2)n1. The molecule has 1 aliphatic carbocycles. The van der Waals surface area contributed by atoms with E-state index < -0.39 is 0 Å². The van der Waals surface area contributed by atoms with Crippen LogP contribution in [0.2, 0.25) is 0 Å². The van der Waals surface area contributed by atoms with Gasteiger partial charge in [-0.3, -0.25) is 0 Å². The summed E-state index contributed by atoms with van der Waals surface area (Å²) in [7, 11) is 2.12. The molecule has 0 aliphatic heterocycles. The average Bonchev–Trinajstić information content (AvgIpc) is 2.85. The first kappa shape index (κ1) is 13.1. The van der Waals surface area contributed by atoms with Gasteiger partial charge in [0.1, 0.15) is 17.5 Å². The summed E-state index contributed by atoms with van der Waals surface area (Å²) in [5, 5.41) is 0. The molecule has 18 heavy (non-hydrogen) atoms. The van der Waals surface area contributed by atoms with E-state index in [9.17, 15) is 0 Å². The molecule has 0 atom stereocenters. The fraction of sp³-hybridized carbons (Fsp3) is 0.714. The largest absolute Gasteiger partial charge is 0.383 e. The lowest BCUT2D eigenvalue weighted by molar-refractivity contribution is 0.544. The lowest BCUT2D eigenvalue weighted by atomic mass is 10.1. The molecule has 1 aromatic heterocycles. The Morgan fingerprint density at radius 3 is 2.56 bits per heavy atom. The number of nitrogens with zero attached hydrogens (tertiary/aromatic N) is 3. The number of nitrogen functional groups attached to an aromatic ring is 1. The van der Waals surface area contributed by atoms with Gasteiger partial charge in [0.2, 0.25) is 0 Å². The highest BCUT2D eigenvalue weighted by atomic mass is 15.2. The maximum absolute atomic E-state index is 5.97. The summed E-state index contributed by atoms with van der Waals surface area (Å²) in [6.07, 6.45) is 6.29. The standard InChI is InChI=1S/C14H24N4/c1-4-12-16-13(15)10(2)14(17-12)18(3)9-11-7-5-6-8-11/h11H,4-9H2,1-3H3,(H2,15,16,17). The third-order valence-electron chi connectivity index (χ3n) is 3.89. The summed E-state index contributed by atoms with van der Waals surface area (Å²) >= 11 is 0. The second-order valence-corrected chi connectivity index (χ2v) is 5.36. The second-order valence-electron chi connectivity index (χ2n) is 5.36. The summed E-state index contributed by atoms with van der Waals surface area (Å²) in [5.74, 6) is 3.28. The third-order valence-corrected chi connectivity index (χ3v) is 3.89. The Balaban J connectivity index is 2.17. The number of aryl methyl sites for hydroxylation is 1. The zero-order valence-corrected chi connectivity index (χ0v) is 11.7. The molecule has 0 saturated heterocycles. The maximum atomic E-state index is 5.97. The lowest BCUT2D eigenvalue weighted by Crippen LogP contribution is -2.26. The van der Waals surface area contributed by atoms with Gasteiger partial charge in [0.05, 0.1) is 0 Å². The van der Waals surface area contributed by atoms with Crippen LogP contribution in [0.15, 0.2) is 0 Å². The molecule has 2 N–H and O–H groups in total. The van der Waals surface area contributed by atoms with E-state index in [0.29, 0.717) is 5.82 Å². The molecule has 0 unspecified atom stereocenters. The Bertz CT molecular complexity index is 411. The Morgan fingerprint density at radius 2 is 1.94 bits per heavy atom. The van der Waals surface area contributed by atoms with Crippen molar-refractivity contribution in [2.24, 2.45) is 5.92 Å². The molecule has 2 rings (SSSR count). The number of aromatic nitrogens is 2. The minimum atomic E-state index is 0.620. The molecule has 1 aliphatic rings. The molecule has 1 saturated carbocycles. The maximum Gasteiger partial charge on any atom is 0.137 e. The Morgan fingerprint density at radius 1 is 1.28 bits per heavy atom. The molecule has 4 heteroatoms. The van der Waals surface area contributed by atoms with E-state index >= 15 is 0 Å². The van der Waals surface area contributed by atoms with Gasteiger partial charge in [-0.05, 0) is 25.7 Å². The topological polar surface area (TPSA) is 55.0 Å². The van der Waals surface area contributed by atoms with E-state index in [2.05, 4.69) is 28.8 Å². The van der Waals surface area contributed by atoms with Crippen molar-refractivity contribution >= 4 is 11.6 Å². The van der Waals surface area contributed by atoms with Crippen molar-refractivity contribution in [2.45, 2.75) is 46.0 Å². The van der Waals surface area contributed by atoms with Gasteiger partial charge in [-0.15, -0.1) is 0 Å². The predicted molar refractivity (Wildman–Crippen MR) is 75.8 cm³/mol. The average molecular weight is 248 g/mol. The van der Waals surface area contributed by atoms with Crippen LogP contribution in [0.5, 0.6) is 0 Å². The molecule has 1 aromatic rings. The molecule has 0 radical (unpaired) electrons. The smallest absolute Gasteiger partial charge is 0.137 e. The van der Waals surface area contributed by atoms with Crippen LogP contribution >= 0.6 is 0 Å². The van der Waals surface area contributed by atoms with E-state index in [0.717, 1.165) is 36.1 Å². The van der Waals surface area contributed by atoms with Crippen LogP contribution < -0.4 is 10.6 Å². The molecule has 0 amide bonds. The van der Waals surface area contributed by atoms with E-state index in [-0.39, 0.29) is 0 Å². The zero-order chi connectivity index (χ0) is 13.1. The summed E-state index contributed by atoms with van der Waals surface area (Å²) in [5.41, 5.74) is 6.97. The van der Waals surface area contributed by atoms with Crippen molar-refractivity contribution < 1.29 is 0 Å². The van der Waals surface area contributed by atoms with Crippen LogP contribution in [0.4, 0.5) is 11.6 Å². The third kappa shape index (κ3) is 2.74. The number of nitrogens with two attached hydrogens (primary N) is 1. The van der Waals surface area contributed by atoms with Crippen LogP contribution in [-0.4, -0.2) is 23.6 Å². The number of hydrogen-bond donors (Lipinski definition) is 1. The van der Waals surface area contributed by atoms with Gasteiger partial charge in [0, 0.05) is 25.6 Å². The summed E-state index contributed by atoms with van der Waals surface area (Å²) < 4.78 is 0. The van der Waals surface area contributed by atoms with Gasteiger partial charge < -0.3 is 10.6 Å². The van der Waals surface area contributed by atoms with E-state index in [1.54, 1.807) is 0 Å². The van der Waals surface area contributed by atoms with Crippen LogP contribution in [0, 0.1) is 12.8 Å².